The molecule has 2 atom stereocenters. The molecule has 0 bridgehead atoms. The molecule has 5 heteroatoms. The molecule has 2 unspecified atom stereocenters. The smallest absolute Gasteiger partial charge is 0.255 e. The van der Waals surface area contributed by atoms with Gasteiger partial charge in [0.05, 0.1) is 5.56 Å². The van der Waals surface area contributed by atoms with Crippen molar-refractivity contribution in [3.05, 3.63) is 42.6 Å². The van der Waals surface area contributed by atoms with Gasteiger partial charge in [-0.05, 0) is 30.9 Å². The Hall–Kier alpha value is -2.17. The first-order chi connectivity index (χ1) is 10.7. The number of pyridine rings is 1. The highest BCUT2D eigenvalue weighted by Gasteiger charge is 2.28. The molecule has 1 aliphatic rings. The molecular weight excluding hydrogens is 276 g/mol. The maximum Gasteiger partial charge on any atom is 0.255 e. The monoisotopic (exact) mass is 298 g/mol. The summed E-state index contributed by atoms with van der Waals surface area (Å²) in [5, 5.41) is 0. The van der Waals surface area contributed by atoms with E-state index in [1.54, 1.807) is 18.7 Å². The normalized spacial score (nSPS) is 21.5. The molecule has 0 aliphatic heterocycles. The molecule has 0 spiro atoms. The van der Waals surface area contributed by atoms with Crippen LogP contribution in [0.15, 0.2) is 37.1 Å². The van der Waals surface area contributed by atoms with Crippen LogP contribution >= 0.6 is 0 Å². The molecule has 2 aromatic rings. The molecule has 0 aromatic carbocycles. The van der Waals surface area contributed by atoms with Crippen molar-refractivity contribution in [1.82, 2.24) is 19.4 Å². The Morgan fingerprint density at radius 2 is 2.14 bits per heavy atom. The second-order valence-corrected chi connectivity index (χ2v) is 6.12. The summed E-state index contributed by atoms with van der Waals surface area (Å²) in [6, 6.07) is 4.04. The van der Waals surface area contributed by atoms with Gasteiger partial charge in [0.2, 0.25) is 0 Å². The minimum absolute atomic E-state index is 0.0587. The number of hydrogen-bond donors (Lipinski definition) is 0. The van der Waals surface area contributed by atoms with Crippen molar-refractivity contribution in [3.63, 3.8) is 0 Å². The number of nitrogens with zero attached hydrogens (tertiary/aromatic N) is 4. The molecular formula is C17H22N4O. The van der Waals surface area contributed by atoms with Gasteiger partial charge in [-0.25, -0.2) is 9.97 Å². The topological polar surface area (TPSA) is 51.0 Å². The Kier molecular flexibility index (Phi) is 4.22. The van der Waals surface area contributed by atoms with Crippen molar-refractivity contribution in [1.29, 1.82) is 0 Å². The zero-order valence-corrected chi connectivity index (χ0v) is 13.1. The number of rotatable bonds is 3. The van der Waals surface area contributed by atoms with Crippen molar-refractivity contribution >= 4 is 5.91 Å². The van der Waals surface area contributed by atoms with E-state index in [0.717, 1.165) is 12.2 Å². The summed E-state index contributed by atoms with van der Waals surface area (Å²) in [6.07, 6.45) is 11.7. The summed E-state index contributed by atoms with van der Waals surface area (Å²) in [5.41, 5.74) is 0.643. The fourth-order valence-electron chi connectivity index (χ4n) is 3.29. The van der Waals surface area contributed by atoms with Gasteiger partial charge in [0.1, 0.15) is 12.1 Å². The van der Waals surface area contributed by atoms with Crippen LogP contribution in [0, 0.1) is 5.92 Å². The van der Waals surface area contributed by atoms with Crippen LogP contribution in [0.1, 0.15) is 43.0 Å². The van der Waals surface area contributed by atoms with Crippen LogP contribution in [-0.2, 0) is 0 Å². The van der Waals surface area contributed by atoms with E-state index in [0.29, 0.717) is 17.5 Å². The molecule has 1 aliphatic carbocycles. The fraction of sp³-hybridized carbons (Fsp3) is 0.471. The van der Waals surface area contributed by atoms with Gasteiger partial charge in [-0.2, -0.15) is 0 Å². The van der Waals surface area contributed by atoms with Crippen LogP contribution in [0.5, 0.6) is 0 Å². The van der Waals surface area contributed by atoms with Gasteiger partial charge in [0, 0.05) is 31.7 Å². The Morgan fingerprint density at radius 3 is 2.77 bits per heavy atom. The van der Waals surface area contributed by atoms with Crippen molar-refractivity contribution in [2.75, 3.05) is 7.05 Å². The van der Waals surface area contributed by atoms with Crippen LogP contribution in [0.3, 0.4) is 0 Å². The largest absolute Gasteiger partial charge is 0.338 e. The Bertz CT molecular complexity index is 621. The highest BCUT2D eigenvalue weighted by atomic mass is 16.2. The number of hydrogen-bond acceptors (Lipinski definition) is 3. The molecule has 1 amide bonds. The number of imidazole rings is 1. The minimum Gasteiger partial charge on any atom is -0.338 e. The molecule has 1 saturated carbocycles. The lowest BCUT2D eigenvalue weighted by molar-refractivity contribution is 0.0628. The summed E-state index contributed by atoms with van der Waals surface area (Å²) in [5.74, 6) is 1.40. The maximum absolute atomic E-state index is 12.7. The Labute approximate surface area is 131 Å². The zero-order valence-electron chi connectivity index (χ0n) is 13.1. The first-order valence-corrected chi connectivity index (χ1v) is 7.88. The van der Waals surface area contributed by atoms with Gasteiger partial charge in [-0.15, -0.1) is 0 Å². The summed E-state index contributed by atoms with van der Waals surface area (Å²) < 4.78 is 1.82. The van der Waals surface area contributed by atoms with E-state index < -0.39 is 0 Å². The predicted molar refractivity (Wildman–Crippen MR) is 84.9 cm³/mol. The molecule has 22 heavy (non-hydrogen) atoms. The van der Waals surface area contributed by atoms with Gasteiger partial charge in [-0.1, -0.05) is 19.8 Å². The number of aromatic nitrogens is 3. The average Bonchev–Trinajstić information content (AvgIpc) is 3.09. The number of carbonyl (C=O) groups is 1. The third-order valence-electron chi connectivity index (χ3n) is 4.65. The van der Waals surface area contributed by atoms with E-state index >= 15 is 0 Å². The van der Waals surface area contributed by atoms with Gasteiger partial charge in [-0.3, -0.25) is 9.36 Å². The van der Waals surface area contributed by atoms with Crippen LogP contribution in [0.2, 0.25) is 0 Å². The Morgan fingerprint density at radius 1 is 1.32 bits per heavy atom. The van der Waals surface area contributed by atoms with Gasteiger partial charge in [0.25, 0.3) is 5.91 Å². The summed E-state index contributed by atoms with van der Waals surface area (Å²) in [6.45, 7) is 2.24. The molecule has 116 valence electrons. The average molecular weight is 298 g/mol. The molecule has 2 aromatic heterocycles. The van der Waals surface area contributed by atoms with E-state index in [-0.39, 0.29) is 5.91 Å². The van der Waals surface area contributed by atoms with Gasteiger partial charge < -0.3 is 4.90 Å². The maximum atomic E-state index is 12.7. The lowest BCUT2D eigenvalue weighted by atomic mass is 9.85. The van der Waals surface area contributed by atoms with E-state index in [9.17, 15) is 4.79 Å². The summed E-state index contributed by atoms with van der Waals surface area (Å²) in [4.78, 5) is 22.9. The second kappa shape index (κ2) is 6.30. The molecule has 3 rings (SSSR count). The van der Waals surface area contributed by atoms with Crippen molar-refractivity contribution in [2.24, 2.45) is 5.92 Å². The molecule has 0 saturated heterocycles. The van der Waals surface area contributed by atoms with E-state index in [4.69, 9.17) is 0 Å². The fourth-order valence-corrected chi connectivity index (χ4v) is 3.29. The van der Waals surface area contributed by atoms with Crippen LogP contribution in [-0.4, -0.2) is 38.4 Å². The lowest BCUT2D eigenvalue weighted by Gasteiger charge is -2.36. The van der Waals surface area contributed by atoms with Gasteiger partial charge >= 0.3 is 0 Å². The quantitative estimate of drug-likeness (QED) is 0.875. The van der Waals surface area contributed by atoms with Crippen molar-refractivity contribution in [3.8, 4) is 5.82 Å². The minimum atomic E-state index is 0.0587. The first kappa shape index (κ1) is 14.8. The second-order valence-electron chi connectivity index (χ2n) is 6.12. The third-order valence-corrected chi connectivity index (χ3v) is 4.65. The van der Waals surface area contributed by atoms with Crippen molar-refractivity contribution in [2.45, 2.75) is 38.6 Å². The first-order valence-electron chi connectivity index (χ1n) is 7.88. The van der Waals surface area contributed by atoms with Crippen LogP contribution in [0.4, 0.5) is 0 Å². The standard InChI is InChI=1S/C17H22N4O/c1-13-5-3-4-6-15(13)20(2)17(22)14-7-8-16(19-11-14)21-10-9-18-12-21/h7-13,15H,3-6H2,1-2H3. The SMILES string of the molecule is CC1CCCCC1N(C)C(=O)c1ccc(-n2ccnc2)nc1. The number of carbonyl (C=O) groups excluding carboxylic acids is 1. The van der Waals surface area contributed by atoms with Crippen LogP contribution < -0.4 is 0 Å². The molecule has 1 fully saturated rings. The lowest BCUT2D eigenvalue weighted by Crippen LogP contribution is -2.42. The van der Waals surface area contributed by atoms with Crippen molar-refractivity contribution < 1.29 is 4.79 Å². The molecule has 5 nitrogen and oxygen atoms in total. The Balaban J connectivity index is 1.74. The van der Waals surface area contributed by atoms with Gasteiger partial charge in [0.15, 0.2) is 0 Å². The van der Waals surface area contributed by atoms with E-state index in [1.165, 1.54) is 19.3 Å². The highest BCUT2D eigenvalue weighted by Crippen LogP contribution is 2.28. The van der Waals surface area contributed by atoms with Crippen LogP contribution in [0.25, 0.3) is 5.82 Å². The third kappa shape index (κ3) is 2.89. The molecule has 0 N–H and O–H groups in total. The molecule has 0 radical (unpaired) electrons. The predicted octanol–water partition coefficient (Wildman–Crippen LogP) is 2.92. The summed E-state index contributed by atoms with van der Waals surface area (Å²) in [7, 11) is 1.92. The van der Waals surface area contributed by atoms with E-state index in [2.05, 4.69) is 16.9 Å². The number of amides is 1. The van der Waals surface area contributed by atoms with E-state index in [1.807, 2.05) is 34.8 Å². The molecule has 2 heterocycles. The highest BCUT2D eigenvalue weighted by molar-refractivity contribution is 5.94. The summed E-state index contributed by atoms with van der Waals surface area (Å²) >= 11 is 0. The zero-order chi connectivity index (χ0) is 15.5.